The molecule has 12 heavy (non-hydrogen) atoms. The van der Waals surface area contributed by atoms with Crippen LogP contribution in [-0.2, 0) is 0 Å². The molecule has 1 N–H and O–H groups in total. The van der Waals surface area contributed by atoms with E-state index in [0.717, 1.165) is 30.7 Å². The number of halogens is 1. The molecule has 0 atom stereocenters. The minimum atomic E-state index is -0.102. The molecule has 0 aliphatic carbocycles. The molecular weight excluding hydrogens is 174 g/mol. The average molecular weight is 190 g/mol. The van der Waals surface area contributed by atoms with Gasteiger partial charge in [0.15, 0.2) is 6.10 Å². The van der Waals surface area contributed by atoms with Gasteiger partial charge >= 0.3 is 0 Å². The first-order valence-corrected chi connectivity index (χ1v) is 3.97. The zero-order valence-electron chi connectivity index (χ0n) is 7.25. The van der Waals surface area contributed by atoms with Gasteiger partial charge in [0.05, 0.1) is 13.1 Å². The molecule has 2 nitrogen and oxygen atoms in total. The highest BCUT2D eigenvalue weighted by Crippen LogP contribution is 2.19. The minimum absolute atomic E-state index is 0. The van der Waals surface area contributed by atoms with Gasteiger partial charge in [-0.15, -0.1) is 0 Å². The van der Waals surface area contributed by atoms with Crippen molar-refractivity contribution in [1.29, 1.82) is 0 Å². The molecule has 0 aromatic heterocycles. The molecule has 1 aliphatic heterocycles. The molecule has 1 saturated heterocycles. The fraction of sp³-hybridized carbons (Fsp3) is 0.556. The first kappa shape index (κ1) is 11.7. The van der Waals surface area contributed by atoms with Crippen molar-refractivity contribution in [1.82, 2.24) is 0 Å². The van der Waals surface area contributed by atoms with Gasteiger partial charge in [0, 0.05) is 0 Å². The van der Waals surface area contributed by atoms with Crippen LogP contribution >= 0.6 is 0 Å². The fourth-order valence-corrected chi connectivity index (χ4v) is 1.76. The van der Waals surface area contributed by atoms with Crippen LogP contribution in [0.15, 0.2) is 25.3 Å². The summed E-state index contributed by atoms with van der Waals surface area (Å²) in [5.41, 5.74) is 0. The van der Waals surface area contributed by atoms with E-state index in [2.05, 4.69) is 13.2 Å². The largest absolute Gasteiger partial charge is 1.00 e. The summed E-state index contributed by atoms with van der Waals surface area (Å²) in [4.78, 5) is 0. The minimum Gasteiger partial charge on any atom is -1.00 e. The molecule has 1 heterocycles. The third kappa shape index (κ3) is 2.34. The predicted molar refractivity (Wildman–Crippen MR) is 46.1 cm³/mol. The van der Waals surface area contributed by atoms with Crippen LogP contribution in [0, 0.1) is 0 Å². The lowest BCUT2D eigenvalue weighted by atomic mass is 10.1. The van der Waals surface area contributed by atoms with Crippen LogP contribution in [0.3, 0.4) is 0 Å². The van der Waals surface area contributed by atoms with Crippen molar-refractivity contribution in [3.8, 4) is 0 Å². The van der Waals surface area contributed by atoms with Crippen molar-refractivity contribution >= 4 is 0 Å². The molecule has 1 fully saturated rings. The molecule has 0 aromatic rings. The number of hydrogen-bond donors (Lipinski definition) is 1. The van der Waals surface area contributed by atoms with E-state index in [1.165, 1.54) is 0 Å². The normalized spacial score (nSPS) is 20.4. The lowest BCUT2D eigenvalue weighted by Crippen LogP contribution is -3.00. The van der Waals surface area contributed by atoms with E-state index < -0.39 is 0 Å². The molecular formula is C9H16ClNO. The number of rotatable bonds is 4. The molecule has 3 heteroatoms. The Kier molecular flexibility index (Phi) is 4.53. The van der Waals surface area contributed by atoms with E-state index >= 15 is 0 Å². The Bertz CT molecular complexity index is 152. The SMILES string of the molecule is C=CC[N+]1(CC=C)CC(O)C1.[Cl-]. The summed E-state index contributed by atoms with van der Waals surface area (Å²) < 4.78 is 0.939. The van der Waals surface area contributed by atoms with Crippen LogP contribution < -0.4 is 12.4 Å². The van der Waals surface area contributed by atoms with Gasteiger partial charge in [-0.25, -0.2) is 0 Å². The van der Waals surface area contributed by atoms with Gasteiger partial charge in [-0.05, 0) is 12.2 Å². The van der Waals surface area contributed by atoms with Crippen molar-refractivity contribution < 1.29 is 22.0 Å². The Morgan fingerprint density at radius 2 is 1.67 bits per heavy atom. The maximum atomic E-state index is 9.15. The summed E-state index contributed by atoms with van der Waals surface area (Å²) in [6.45, 7) is 11.0. The van der Waals surface area contributed by atoms with Gasteiger partial charge in [-0.2, -0.15) is 0 Å². The lowest BCUT2D eigenvalue weighted by Gasteiger charge is -2.47. The number of aliphatic hydroxyl groups excluding tert-OH is 1. The smallest absolute Gasteiger partial charge is 0.152 e. The fourth-order valence-electron chi connectivity index (χ4n) is 1.76. The van der Waals surface area contributed by atoms with E-state index in [9.17, 15) is 0 Å². The Balaban J connectivity index is 0.00000121. The average Bonchev–Trinajstić information content (AvgIpc) is 1.86. The molecule has 70 valence electrons. The summed E-state index contributed by atoms with van der Waals surface area (Å²) in [6, 6.07) is 0. The van der Waals surface area contributed by atoms with E-state index in [1.807, 2.05) is 12.2 Å². The van der Waals surface area contributed by atoms with E-state index in [0.29, 0.717) is 0 Å². The standard InChI is InChI=1S/C9H16NO.ClH/c1-3-5-10(6-4-2)7-9(11)8-10;/h3-4,9,11H,1-2,5-8H2;1H/q+1;/p-1. The Morgan fingerprint density at radius 3 is 1.92 bits per heavy atom. The molecule has 0 aromatic carbocycles. The molecule has 0 amide bonds. The number of quaternary nitrogens is 1. The molecule has 1 rings (SSSR count). The summed E-state index contributed by atoms with van der Waals surface area (Å²) in [5.74, 6) is 0. The molecule has 0 saturated carbocycles. The molecule has 1 aliphatic rings. The number of likely N-dealkylation sites (tertiary alicyclic amines) is 1. The van der Waals surface area contributed by atoms with Crippen molar-refractivity contribution in [3.63, 3.8) is 0 Å². The maximum Gasteiger partial charge on any atom is 0.152 e. The Hall–Kier alpha value is -0.310. The Morgan fingerprint density at radius 1 is 1.25 bits per heavy atom. The summed E-state index contributed by atoms with van der Waals surface area (Å²) in [6.07, 6.45) is 3.72. The summed E-state index contributed by atoms with van der Waals surface area (Å²) in [5, 5.41) is 9.15. The van der Waals surface area contributed by atoms with Crippen LogP contribution in [0.4, 0.5) is 0 Å². The van der Waals surface area contributed by atoms with Crippen LogP contribution in [0.5, 0.6) is 0 Å². The monoisotopic (exact) mass is 189 g/mol. The zero-order valence-corrected chi connectivity index (χ0v) is 8.00. The van der Waals surface area contributed by atoms with Crippen LogP contribution in [-0.4, -0.2) is 41.9 Å². The van der Waals surface area contributed by atoms with Crippen molar-refractivity contribution in [2.45, 2.75) is 6.10 Å². The predicted octanol–water partition coefficient (Wildman–Crippen LogP) is -2.45. The quantitative estimate of drug-likeness (QED) is 0.385. The van der Waals surface area contributed by atoms with Gasteiger partial charge in [-0.3, -0.25) is 0 Å². The Labute approximate surface area is 80.2 Å². The first-order valence-electron chi connectivity index (χ1n) is 3.97. The van der Waals surface area contributed by atoms with Crippen molar-refractivity contribution in [2.24, 2.45) is 0 Å². The van der Waals surface area contributed by atoms with Gasteiger partial charge < -0.3 is 22.0 Å². The van der Waals surface area contributed by atoms with Crippen molar-refractivity contribution in [3.05, 3.63) is 25.3 Å². The van der Waals surface area contributed by atoms with E-state index in [1.54, 1.807) is 0 Å². The summed E-state index contributed by atoms with van der Waals surface area (Å²) in [7, 11) is 0. The zero-order chi connectivity index (χ0) is 8.32. The highest BCUT2D eigenvalue weighted by molar-refractivity contribution is 4.78. The first-order chi connectivity index (χ1) is 5.22. The second-order valence-electron chi connectivity index (χ2n) is 3.30. The van der Waals surface area contributed by atoms with Crippen LogP contribution in [0.2, 0.25) is 0 Å². The third-order valence-electron chi connectivity index (χ3n) is 2.23. The third-order valence-corrected chi connectivity index (χ3v) is 2.23. The number of aliphatic hydroxyl groups is 1. The van der Waals surface area contributed by atoms with E-state index in [-0.39, 0.29) is 18.5 Å². The molecule has 0 unspecified atom stereocenters. The molecule has 0 spiro atoms. The van der Waals surface area contributed by atoms with Crippen molar-refractivity contribution in [2.75, 3.05) is 26.2 Å². The van der Waals surface area contributed by atoms with Crippen LogP contribution in [0.25, 0.3) is 0 Å². The molecule has 0 radical (unpaired) electrons. The van der Waals surface area contributed by atoms with Gasteiger partial charge in [0.2, 0.25) is 0 Å². The lowest BCUT2D eigenvalue weighted by molar-refractivity contribution is -0.962. The second kappa shape index (κ2) is 4.65. The molecule has 0 bridgehead atoms. The van der Waals surface area contributed by atoms with Gasteiger partial charge in [-0.1, -0.05) is 13.2 Å². The second-order valence-corrected chi connectivity index (χ2v) is 3.30. The number of hydrogen-bond acceptors (Lipinski definition) is 1. The highest BCUT2D eigenvalue weighted by Gasteiger charge is 2.40. The van der Waals surface area contributed by atoms with Crippen LogP contribution in [0.1, 0.15) is 0 Å². The van der Waals surface area contributed by atoms with Gasteiger partial charge in [0.1, 0.15) is 13.1 Å². The topological polar surface area (TPSA) is 20.2 Å². The van der Waals surface area contributed by atoms with E-state index in [4.69, 9.17) is 5.11 Å². The maximum absolute atomic E-state index is 9.15. The number of nitrogens with zero attached hydrogens (tertiary/aromatic N) is 1. The highest BCUT2D eigenvalue weighted by atomic mass is 35.5. The van der Waals surface area contributed by atoms with Gasteiger partial charge in [0.25, 0.3) is 0 Å². The summed E-state index contributed by atoms with van der Waals surface area (Å²) >= 11 is 0.